The molecule has 0 radical (unpaired) electrons. The van der Waals surface area contributed by atoms with Gasteiger partial charge in [-0.3, -0.25) is 0 Å². The van der Waals surface area contributed by atoms with Crippen molar-refractivity contribution in [3.8, 4) is 6.07 Å². The Kier molecular flexibility index (Phi) is 7.10. The molecule has 2 atom stereocenters. The van der Waals surface area contributed by atoms with Crippen LogP contribution in [0.2, 0.25) is 0 Å². The maximum absolute atomic E-state index is 8.39. The summed E-state index contributed by atoms with van der Waals surface area (Å²) in [6.07, 6.45) is 4.14. The van der Waals surface area contributed by atoms with Gasteiger partial charge in [0.2, 0.25) is 0 Å². The molecule has 0 aliphatic rings. The number of nitrogens with two attached hydrogens (primary N) is 1. The van der Waals surface area contributed by atoms with Crippen LogP contribution in [0.1, 0.15) is 12.8 Å². The number of aryl methyl sites for hydroxylation is 1. The van der Waals surface area contributed by atoms with Crippen LogP contribution >= 0.6 is 9.03 Å². The van der Waals surface area contributed by atoms with Crippen molar-refractivity contribution in [2.75, 3.05) is 26.1 Å². The number of fused-ring (bicyclic) bond motifs is 1. The molecule has 2 aromatic rings. The average molecular weight is 338 g/mol. The lowest BCUT2D eigenvalue weighted by Crippen LogP contribution is -2.19. The SMILES string of the molecule is COC(CCn1cnc2c(N)ncnc21)COPOCCC#N. The van der Waals surface area contributed by atoms with Crippen LogP contribution in [0.4, 0.5) is 5.82 Å². The van der Waals surface area contributed by atoms with Crippen molar-refractivity contribution in [2.45, 2.75) is 25.5 Å². The molecular formula is C13H19N6O3P. The third-order valence-corrected chi connectivity index (χ3v) is 3.76. The molecule has 0 saturated heterocycles. The molecule has 0 fully saturated rings. The van der Waals surface area contributed by atoms with E-state index < -0.39 is 0 Å². The Morgan fingerprint density at radius 3 is 3.04 bits per heavy atom. The van der Waals surface area contributed by atoms with E-state index >= 15 is 0 Å². The summed E-state index contributed by atoms with van der Waals surface area (Å²) in [5, 5.41) is 8.39. The number of nitrogen functional groups attached to an aromatic ring is 1. The number of imidazole rings is 1. The number of nitrogens with zero attached hydrogens (tertiary/aromatic N) is 5. The van der Waals surface area contributed by atoms with Crippen LogP contribution in [0.25, 0.3) is 11.2 Å². The van der Waals surface area contributed by atoms with Gasteiger partial charge in [-0.1, -0.05) is 0 Å². The number of rotatable bonds is 10. The molecule has 0 aromatic carbocycles. The molecule has 23 heavy (non-hydrogen) atoms. The van der Waals surface area contributed by atoms with Crippen molar-refractivity contribution in [1.82, 2.24) is 19.5 Å². The molecule has 2 unspecified atom stereocenters. The molecule has 0 amide bonds. The largest absolute Gasteiger partial charge is 0.382 e. The van der Waals surface area contributed by atoms with Crippen LogP contribution in [0.3, 0.4) is 0 Å². The fourth-order valence-corrected chi connectivity index (χ4v) is 2.44. The van der Waals surface area contributed by atoms with Gasteiger partial charge in [-0.2, -0.15) is 5.26 Å². The first-order valence-electron chi connectivity index (χ1n) is 7.06. The lowest BCUT2D eigenvalue weighted by atomic mass is 10.2. The monoisotopic (exact) mass is 338 g/mol. The minimum Gasteiger partial charge on any atom is -0.382 e. The van der Waals surface area contributed by atoms with Crippen LogP contribution in [-0.2, 0) is 20.3 Å². The average Bonchev–Trinajstić information content (AvgIpc) is 2.98. The molecule has 2 rings (SSSR count). The van der Waals surface area contributed by atoms with E-state index in [9.17, 15) is 0 Å². The number of hydrogen-bond donors (Lipinski definition) is 1. The Labute approximate surface area is 135 Å². The van der Waals surface area contributed by atoms with Crippen LogP contribution < -0.4 is 5.73 Å². The number of methoxy groups -OCH3 is 1. The summed E-state index contributed by atoms with van der Waals surface area (Å²) < 4.78 is 17.9. The van der Waals surface area contributed by atoms with E-state index in [1.54, 1.807) is 13.4 Å². The van der Waals surface area contributed by atoms with E-state index in [1.165, 1.54) is 6.33 Å². The number of aromatic nitrogens is 4. The Bertz CT molecular complexity index is 659. The summed E-state index contributed by atoms with van der Waals surface area (Å²) in [5.74, 6) is 0.371. The summed E-state index contributed by atoms with van der Waals surface area (Å²) >= 11 is 0. The molecule has 9 nitrogen and oxygen atoms in total. The van der Waals surface area contributed by atoms with Gasteiger partial charge in [0.05, 0.1) is 38.1 Å². The van der Waals surface area contributed by atoms with Crippen molar-refractivity contribution >= 4 is 26.0 Å². The van der Waals surface area contributed by atoms with Crippen molar-refractivity contribution in [2.24, 2.45) is 0 Å². The summed E-state index contributed by atoms with van der Waals surface area (Å²) in [6.45, 7) is 1.48. The second-order valence-electron chi connectivity index (χ2n) is 4.67. The van der Waals surface area contributed by atoms with E-state index in [-0.39, 0.29) is 15.1 Å². The highest BCUT2D eigenvalue weighted by atomic mass is 31.1. The highest BCUT2D eigenvalue weighted by molar-refractivity contribution is 7.26. The second-order valence-corrected chi connectivity index (χ2v) is 5.41. The normalized spacial score (nSPS) is 12.9. The Morgan fingerprint density at radius 1 is 1.39 bits per heavy atom. The van der Waals surface area contributed by atoms with Gasteiger partial charge < -0.3 is 24.1 Å². The van der Waals surface area contributed by atoms with E-state index in [2.05, 4.69) is 15.0 Å². The van der Waals surface area contributed by atoms with E-state index in [0.717, 1.165) is 6.42 Å². The zero-order valence-corrected chi connectivity index (χ0v) is 13.8. The van der Waals surface area contributed by atoms with Gasteiger partial charge in [0.15, 0.2) is 20.5 Å². The topological polar surface area (TPSA) is 121 Å². The first kappa shape index (κ1) is 17.5. The molecule has 2 heterocycles. The van der Waals surface area contributed by atoms with E-state index in [4.69, 9.17) is 24.8 Å². The van der Waals surface area contributed by atoms with Gasteiger partial charge in [0.1, 0.15) is 11.8 Å². The third-order valence-electron chi connectivity index (χ3n) is 3.16. The number of anilines is 1. The molecule has 2 aromatic heterocycles. The molecular weight excluding hydrogens is 319 g/mol. The summed E-state index contributed by atoms with van der Waals surface area (Å²) in [5.41, 5.74) is 7.07. The lowest BCUT2D eigenvalue weighted by Gasteiger charge is -2.15. The minimum absolute atomic E-state index is 0.0706. The molecule has 0 saturated carbocycles. The Hall–Kier alpha value is -1.85. The standard InChI is InChI=1S/C13H19N6O3P/c1-20-10(7-22-23-21-6-2-4-14)3-5-19-9-18-11-12(15)16-8-17-13(11)19/h8-10,23H,2-3,5-7H2,1H3,(H2,15,16,17). The first-order valence-corrected chi connectivity index (χ1v) is 7.87. The van der Waals surface area contributed by atoms with Crippen molar-refractivity contribution in [1.29, 1.82) is 5.26 Å². The maximum atomic E-state index is 8.39. The number of ether oxygens (including phenoxy) is 1. The van der Waals surface area contributed by atoms with E-state index in [1.807, 2.05) is 10.6 Å². The van der Waals surface area contributed by atoms with Gasteiger partial charge in [-0.05, 0) is 6.42 Å². The number of hydrogen-bond acceptors (Lipinski definition) is 8. The maximum Gasteiger partial charge on any atom is 0.165 e. The Balaban J connectivity index is 1.78. The van der Waals surface area contributed by atoms with Gasteiger partial charge in [-0.25, -0.2) is 15.0 Å². The predicted molar refractivity (Wildman–Crippen MR) is 85.6 cm³/mol. The molecule has 0 aliphatic heterocycles. The molecule has 2 N–H and O–H groups in total. The summed E-state index contributed by atoms with van der Waals surface area (Å²) in [4.78, 5) is 12.3. The lowest BCUT2D eigenvalue weighted by molar-refractivity contribution is 0.0499. The number of nitriles is 1. The van der Waals surface area contributed by atoms with Crippen molar-refractivity contribution < 1.29 is 13.8 Å². The highest BCUT2D eigenvalue weighted by Crippen LogP contribution is 2.17. The van der Waals surface area contributed by atoms with Crippen LogP contribution in [0, 0.1) is 11.3 Å². The zero-order valence-electron chi connectivity index (χ0n) is 12.8. The molecule has 0 bridgehead atoms. The fourth-order valence-electron chi connectivity index (χ4n) is 1.92. The van der Waals surface area contributed by atoms with Gasteiger partial charge in [-0.15, -0.1) is 0 Å². The quantitative estimate of drug-likeness (QED) is 0.508. The molecule has 0 aliphatic carbocycles. The van der Waals surface area contributed by atoms with Crippen LogP contribution in [0.15, 0.2) is 12.7 Å². The van der Waals surface area contributed by atoms with Crippen molar-refractivity contribution in [3.63, 3.8) is 0 Å². The van der Waals surface area contributed by atoms with Gasteiger partial charge >= 0.3 is 0 Å². The summed E-state index contributed by atoms with van der Waals surface area (Å²) in [6, 6.07) is 2.00. The highest BCUT2D eigenvalue weighted by Gasteiger charge is 2.11. The van der Waals surface area contributed by atoms with Crippen molar-refractivity contribution in [3.05, 3.63) is 12.7 Å². The zero-order chi connectivity index (χ0) is 16.5. The van der Waals surface area contributed by atoms with Gasteiger partial charge in [0, 0.05) is 13.7 Å². The summed E-state index contributed by atoms with van der Waals surface area (Å²) in [7, 11) is 1.55. The van der Waals surface area contributed by atoms with E-state index in [0.29, 0.717) is 43.2 Å². The molecule has 10 heteroatoms. The van der Waals surface area contributed by atoms with Crippen LogP contribution in [-0.4, -0.2) is 45.9 Å². The van der Waals surface area contributed by atoms with Gasteiger partial charge in [0.25, 0.3) is 0 Å². The Morgan fingerprint density at radius 2 is 2.26 bits per heavy atom. The molecule has 0 spiro atoms. The fraction of sp³-hybridized carbons (Fsp3) is 0.538. The van der Waals surface area contributed by atoms with Crippen LogP contribution in [0.5, 0.6) is 0 Å². The predicted octanol–water partition coefficient (Wildman–Crippen LogP) is 1.27. The second kappa shape index (κ2) is 9.33. The third kappa shape index (κ3) is 5.08. The minimum atomic E-state index is -0.0897. The first-order chi connectivity index (χ1) is 11.3. The smallest absolute Gasteiger partial charge is 0.165 e. The molecule has 124 valence electrons.